The van der Waals surface area contributed by atoms with Gasteiger partial charge in [0.25, 0.3) is 5.91 Å². The number of hydrogen-bond donors (Lipinski definition) is 1. The average Bonchev–Trinajstić information content (AvgIpc) is 3.67. The lowest BCUT2D eigenvalue weighted by Gasteiger charge is -2.37. The van der Waals surface area contributed by atoms with Crippen molar-refractivity contribution in [2.24, 2.45) is 11.8 Å². The third kappa shape index (κ3) is 4.96. The first kappa shape index (κ1) is 30.7. The molecule has 1 N–H and O–H groups in total. The van der Waals surface area contributed by atoms with Gasteiger partial charge in [0, 0.05) is 31.9 Å². The van der Waals surface area contributed by atoms with Crippen LogP contribution in [0.4, 0.5) is 5.69 Å². The Hall–Kier alpha value is -4.27. The molecule has 234 valence electrons. The van der Waals surface area contributed by atoms with Gasteiger partial charge in [0.2, 0.25) is 11.8 Å². The minimum Gasteiger partial charge on any atom is -0.395 e. The molecule has 8 heteroatoms. The number of rotatable bonds is 12. The SMILES string of the molecule is C=CCN(Cc1ccccc1)C(=O)[C@H]1[C@H]2C(=O)N(CCO)C(C(=O)N(CC=C)c3ccc4ccccc4c3)C23CC[C@]1(CC)O3. The molecule has 0 radical (unpaired) electrons. The fraction of sp³-hybridized carbons (Fsp3) is 0.378. The van der Waals surface area contributed by atoms with Crippen LogP contribution in [0.1, 0.15) is 31.7 Å². The van der Waals surface area contributed by atoms with E-state index in [1.54, 1.807) is 22.0 Å². The maximum absolute atomic E-state index is 14.8. The van der Waals surface area contributed by atoms with Crippen molar-refractivity contribution in [1.82, 2.24) is 9.80 Å². The molecule has 5 atom stereocenters. The van der Waals surface area contributed by atoms with E-state index >= 15 is 0 Å². The number of hydrogen-bond acceptors (Lipinski definition) is 5. The van der Waals surface area contributed by atoms with Crippen molar-refractivity contribution in [3.05, 3.63) is 104 Å². The number of likely N-dealkylation sites (tertiary alicyclic amines) is 1. The molecule has 3 aliphatic heterocycles. The first-order chi connectivity index (χ1) is 21.8. The summed E-state index contributed by atoms with van der Waals surface area (Å²) in [5.41, 5.74) is -0.410. The van der Waals surface area contributed by atoms with Gasteiger partial charge in [0.15, 0.2) is 0 Å². The van der Waals surface area contributed by atoms with Crippen molar-refractivity contribution in [2.75, 3.05) is 31.1 Å². The van der Waals surface area contributed by atoms with E-state index in [1.165, 1.54) is 4.90 Å². The summed E-state index contributed by atoms with van der Waals surface area (Å²) in [5, 5.41) is 12.1. The van der Waals surface area contributed by atoms with Crippen molar-refractivity contribution in [3.63, 3.8) is 0 Å². The minimum atomic E-state index is -1.19. The van der Waals surface area contributed by atoms with E-state index in [2.05, 4.69) is 13.2 Å². The first-order valence-corrected chi connectivity index (χ1v) is 15.8. The number of benzene rings is 3. The number of anilines is 1. The van der Waals surface area contributed by atoms with Crippen LogP contribution in [0.5, 0.6) is 0 Å². The van der Waals surface area contributed by atoms with E-state index in [9.17, 15) is 19.5 Å². The number of carbonyl (C=O) groups is 3. The molecule has 2 unspecified atom stereocenters. The Labute approximate surface area is 264 Å². The minimum absolute atomic E-state index is 0.0308. The Kier molecular flexibility index (Phi) is 8.37. The maximum atomic E-state index is 14.8. The van der Waals surface area contributed by atoms with Crippen LogP contribution in [0, 0.1) is 11.8 Å². The van der Waals surface area contributed by atoms with E-state index in [1.807, 2.05) is 79.7 Å². The van der Waals surface area contributed by atoms with E-state index in [0.717, 1.165) is 16.3 Å². The Bertz CT molecular complexity index is 1620. The summed E-state index contributed by atoms with van der Waals surface area (Å²) < 4.78 is 6.96. The standard InChI is InChI=1S/C37H41N3O5/c1-4-20-38(25-26-12-8-7-9-13-26)33(42)30-31-34(43)40(22-23-41)32(37(31)19-18-36(30,6-3)45-37)35(44)39(21-5-2)29-17-16-27-14-10-11-15-28(27)24-29/h4-5,7-17,24,30-32,41H,1-2,6,18-23,25H2,3H3/t30-,31+,32?,36+,37?/m1/s1. The molecule has 8 nitrogen and oxygen atoms in total. The second kappa shape index (κ2) is 12.3. The van der Waals surface area contributed by atoms with Gasteiger partial charge in [-0.25, -0.2) is 0 Å². The van der Waals surface area contributed by atoms with E-state index in [4.69, 9.17) is 4.74 Å². The van der Waals surface area contributed by atoms with E-state index in [0.29, 0.717) is 38.0 Å². The molecular formula is C37H41N3O5. The van der Waals surface area contributed by atoms with Crippen molar-refractivity contribution in [2.45, 2.75) is 50.0 Å². The summed E-state index contributed by atoms with van der Waals surface area (Å²) in [6.07, 6.45) is 4.92. The van der Waals surface area contributed by atoms with Crippen molar-refractivity contribution in [3.8, 4) is 0 Å². The number of nitrogens with zero attached hydrogens (tertiary/aromatic N) is 3. The molecule has 45 heavy (non-hydrogen) atoms. The number of aliphatic hydroxyl groups excluding tert-OH is 1. The smallest absolute Gasteiger partial charge is 0.253 e. The van der Waals surface area contributed by atoms with Gasteiger partial charge in [-0.1, -0.05) is 79.7 Å². The highest BCUT2D eigenvalue weighted by Crippen LogP contribution is 2.64. The molecule has 3 fully saturated rings. The van der Waals surface area contributed by atoms with Gasteiger partial charge in [-0.05, 0) is 47.7 Å². The first-order valence-electron chi connectivity index (χ1n) is 15.8. The van der Waals surface area contributed by atoms with Crippen LogP contribution < -0.4 is 4.90 Å². The highest BCUT2D eigenvalue weighted by molar-refractivity contribution is 6.06. The van der Waals surface area contributed by atoms with Crippen LogP contribution in [0.2, 0.25) is 0 Å². The Morgan fingerprint density at radius 2 is 1.69 bits per heavy atom. The predicted octanol–water partition coefficient (Wildman–Crippen LogP) is 4.72. The molecule has 2 bridgehead atoms. The molecule has 1 spiro atoms. The highest BCUT2D eigenvalue weighted by Gasteiger charge is 2.79. The molecule has 3 aromatic rings. The lowest BCUT2D eigenvalue weighted by atomic mass is 9.64. The van der Waals surface area contributed by atoms with Gasteiger partial charge in [-0.2, -0.15) is 0 Å². The van der Waals surface area contributed by atoms with Crippen LogP contribution in [-0.4, -0.2) is 76.1 Å². The number of amides is 3. The summed E-state index contributed by atoms with van der Waals surface area (Å²) in [6, 6.07) is 22.5. The summed E-state index contributed by atoms with van der Waals surface area (Å²) in [5.74, 6) is -2.40. The van der Waals surface area contributed by atoms with Gasteiger partial charge in [0.05, 0.1) is 24.0 Å². The third-order valence-corrected chi connectivity index (χ3v) is 10.0. The summed E-state index contributed by atoms with van der Waals surface area (Å²) in [6.45, 7) is 10.3. The van der Waals surface area contributed by atoms with Crippen LogP contribution in [0.25, 0.3) is 10.8 Å². The zero-order valence-corrected chi connectivity index (χ0v) is 25.8. The lowest BCUT2D eigenvalue weighted by Crippen LogP contribution is -2.57. The van der Waals surface area contributed by atoms with Crippen LogP contribution in [-0.2, 0) is 25.7 Å². The largest absolute Gasteiger partial charge is 0.395 e. The second-order valence-corrected chi connectivity index (χ2v) is 12.4. The molecule has 3 amide bonds. The van der Waals surface area contributed by atoms with Crippen molar-refractivity contribution < 1.29 is 24.2 Å². The van der Waals surface area contributed by atoms with Gasteiger partial charge in [0.1, 0.15) is 11.6 Å². The maximum Gasteiger partial charge on any atom is 0.253 e. The lowest BCUT2D eigenvalue weighted by molar-refractivity contribution is -0.151. The summed E-state index contributed by atoms with van der Waals surface area (Å²) in [7, 11) is 0. The highest BCUT2D eigenvalue weighted by atomic mass is 16.5. The normalized spacial score (nSPS) is 26.6. The van der Waals surface area contributed by atoms with Crippen LogP contribution in [0.3, 0.4) is 0 Å². The van der Waals surface area contributed by atoms with Gasteiger partial charge in [-0.15, -0.1) is 13.2 Å². The van der Waals surface area contributed by atoms with Gasteiger partial charge in [-0.3, -0.25) is 14.4 Å². The fourth-order valence-electron chi connectivity index (χ4n) is 8.05. The molecule has 0 aliphatic carbocycles. The molecule has 0 aromatic heterocycles. The molecule has 3 aromatic carbocycles. The van der Waals surface area contributed by atoms with Gasteiger partial charge < -0.3 is 24.5 Å². The number of fused-ring (bicyclic) bond motifs is 2. The number of β-amino-alcohol motifs (C(OH)–C–C–N with tert-alkyl or cyclic N) is 1. The Morgan fingerprint density at radius 1 is 0.978 bits per heavy atom. The van der Waals surface area contributed by atoms with Crippen LogP contribution in [0.15, 0.2) is 98.1 Å². The summed E-state index contributed by atoms with van der Waals surface area (Å²) in [4.78, 5) is 48.6. The molecule has 3 aliphatic rings. The zero-order valence-electron chi connectivity index (χ0n) is 25.8. The predicted molar refractivity (Wildman–Crippen MR) is 174 cm³/mol. The second-order valence-electron chi connectivity index (χ2n) is 12.4. The average molecular weight is 608 g/mol. The van der Waals surface area contributed by atoms with Crippen molar-refractivity contribution in [1.29, 1.82) is 0 Å². The molecular weight excluding hydrogens is 566 g/mol. The Balaban J connectivity index is 1.41. The topological polar surface area (TPSA) is 90.4 Å². The molecule has 3 heterocycles. The van der Waals surface area contributed by atoms with E-state index < -0.39 is 29.1 Å². The quantitative estimate of drug-likeness (QED) is 0.301. The third-order valence-electron chi connectivity index (χ3n) is 10.0. The molecule has 0 saturated carbocycles. The number of carbonyl (C=O) groups excluding carboxylic acids is 3. The van der Waals surface area contributed by atoms with Crippen molar-refractivity contribution >= 4 is 34.2 Å². The number of ether oxygens (including phenoxy) is 1. The molecule has 3 saturated heterocycles. The van der Waals surface area contributed by atoms with Crippen LogP contribution >= 0.6 is 0 Å². The number of aliphatic hydroxyl groups is 1. The molecule has 6 rings (SSSR count). The monoisotopic (exact) mass is 607 g/mol. The fourth-order valence-corrected chi connectivity index (χ4v) is 8.05. The van der Waals surface area contributed by atoms with Gasteiger partial charge >= 0.3 is 0 Å². The summed E-state index contributed by atoms with van der Waals surface area (Å²) >= 11 is 0. The zero-order chi connectivity index (χ0) is 31.8. The Morgan fingerprint density at radius 3 is 2.38 bits per heavy atom. The van der Waals surface area contributed by atoms with E-state index in [-0.39, 0.29) is 37.4 Å².